The van der Waals surface area contributed by atoms with Crippen LogP contribution < -0.4 is 15.2 Å². The van der Waals surface area contributed by atoms with E-state index in [1.165, 1.54) is 11.0 Å². The monoisotopic (exact) mass is 578 g/mol. The number of aromatic hydroxyl groups is 1. The number of hydrogen-bond donors (Lipinski definition) is 5. The molecule has 222 valence electrons. The SMILES string of the molecule is COc1ccc(CCc2ccc(O)c3c2C[C@@H]2C[C@@H]4[C@@H](N(C)C)C(=O)C(C(N)=O)=C(O)[C@]4(O)C(=O)C2=C3O)cc1OC. The van der Waals surface area contributed by atoms with Crippen molar-refractivity contribution in [2.75, 3.05) is 28.3 Å². The number of likely N-dealkylation sites (N-methyl/N-ethyl adjacent to an activating group) is 1. The van der Waals surface area contributed by atoms with Gasteiger partial charge in [0.25, 0.3) is 5.91 Å². The fourth-order valence-electron chi connectivity index (χ4n) is 6.86. The normalized spacial score (nSPS) is 25.2. The van der Waals surface area contributed by atoms with Crippen LogP contribution in [0.3, 0.4) is 0 Å². The second-order valence-electron chi connectivity index (χ2n) is 11.2. The summed E-state index contributed by atoms with van der Waals surface area (Å²) in [6, 6.07) is 7.70. The number of nitrogens with two attached hydrogens (primary N) is 1. The summed E-state index contributed by atoms with van der Waals surface area (Å²) in [4.78, 5) is 40.8. The zero-order valence-corrected chi connectivity index (χ0v) is 23.8. The Hall–Kier alpha value is -4.35. The lowest BCUT2D eigenvalue weighted by Gasteiger charge is -2.50. The van der Waals surface area contributed by atoms with Gasteiger partial charge in [0, 0.05) is 11.5 Å². The van der Waals surface area contributed by atoms with E-state index in [9.17, 15) is 34.8 Å². The minimum absolute atomic E-state index is 0.0382. The first kappa shape index (κ1) is 29.2. The number of carbonyl (C=O) groups excluding carboxylic acids is 3. The van der Waals surface area contributed by atoms with Crippen LogP contribution in [0.15, 0.2) is 47.2 Å². The average Bonchev–Trinajstić information content (AvgIpc) is 2.94. The van der Waals surface area contributed by atoms with Crippen molar-refractivity contribution in [3.8, 4) is 17.2 Å². The molecule has 0 spiro atoms. The summed E-state index contributed by atoms with van der Waals surface area (Å²) >= 11 is 0. The standard InChI is InChI=1S/C31H34N2O9/c1-33(2)25-18-13-16-12-17-15(7-5-14-6-10-20(41-3)21(11-14)42-4)8-9-19(34)23(17)26(35)22(16)28(37)31(18,40)29(38)24(27(25)36)30(32)39/h6,8-11,16,18,25,34-35,38,40H,5,7,12-13H2,1-4H3,(H2,32,39)/t16-,18-,25-,31-/m1/s1. The number of primary amides is 1. The highest BCUT2D eigenvalue weighted by atomic mass is 16.5. The van der Waals surface area contributed by atoms with Gasteiger partial charge in [0.2, 0.25) is 5.78 Å². The van der Waals surface area contributed by atoms with Gasteiger partial charge in [-0.1, -0.05) is 12.1 Å². The van der Waals surface area contributed by atoms with Crippen molar-refractivity contribution in [3.05, 3.63) is 69.5 Å². The maximum absolute atomic E-state index is 14.0. The molecule has 3 aliphatic carbocycles. The maximum Gasteiger partial charge on any atom is 0.255 e. The molecule has 11 nitrogen and oxygen atoms in total. The van der Waals surface area contributed by atoms with Gasteiger partial charge >= 0.3 is 0 Å². The van der Waals surface area contributed by atoms with Crippen molar-refractivity contribution in [2.24, 2.45) is 17.6 Å². The van der Waals surface area contributed by atoms with E-state index in [1.54, 1.807) is 34.4 Å². The fraction of sp³-hybridized carbons (Fsp3) is 0.387. The summed E-state index contributed by atoms with van der Waals surface area (Å²) in [7, 11) is 6.25. The van der Waals surface area contributed by atoms with Gasteiger partial charge < -0.3 is 35.6 Å². The first-order chi connectivity index (χ1) is 19.9. The van der Waals surface area contributed by atoms with Crippen molar-refractivity contribution in [3.63, 3.8) is 0 Å². The highest BCUT2D eigenvalue weighted by Gasteiger charge is 2.64. The molecule has 6 N–H and O–H groups in total. The number of rotatable bonds is 7. The van der Waals surface area contributed by atoms with E-state index in [4.69, 9.17) is 15.2 Å². The van der Waals surface area contributed by atoms with E-state index in [0.717, 1.165) is 11.1 Å². The molecule has 1 amide bonds. The number of phenols is 1. The van der Waals surface area contributed by atoms with Crippen LogP contribution in [0.4, 0.5) is 0 Å². The van der Waals surface area contributed by atoms with Crippen molar-refractivity contribution in [1.29, 1.82) is 0 Å². The predicted molar refractivity (Wildman–Crippen MR) is 151 cm³/mol. The van der Waals surface area contributed by atoms with Gasteiger partial charge in [-0.25, -0.2) is 0 Å². The molecule has 0 heterocycles. The van der Waals surface area contributed by atoms with Crippen LogP contribution in [0, 0.1) is 11.8 Å². The Morgan fingerprint density at radius 3 is 2.36 bits per heavy atom. The van der Waals surface area contributed by atoms with Crippen LogP contribution in [-0.2, 0) is 33.6 Å². The number of aryl methyl sites for hydroxylation is 2. The van der Waals surface area contributed by atoms with Crippen molar-refractivity contribution in [2.45, 2.75) is 37.3 Å². The molecule has 0 aromatic heterocycles. The molecule has 0 saturated heterocycles. The quantitative estimate of drug-likeness (QED) is 0.304. The third-order valence-corrected chi connectivity index (χ3v) is 8.83. The molecule has 3 aliphatic rings. The summed E-state index contributed by atoms with van der Waals surface area (Å²) in [5, 5.41) is 44.9. The lowest BCUT2D eigenvalue weighted by molar-refractivity contribution is -0.153. The first-order valence-corrected chi connectivity index (χ1v) is 13.6. The predicted octanol–water partition coefficient (Wildman–Crippen LogP) is 1.77. The molecule has 2 aromatic rings. The highest BCUT2D eigenvalue weighted by molar-refractivity contribution is 6.24. The zero-order valence-electron chi connectivity index (χ0n) is 23.8. The third kappa shape index (κ3) is 4.23. The zero-order chi connectivity index (χ0) is 30.7. The van der Waals surface area contributed by atoms with Gasteiger partial charge in [0.05, 0.1) is 25.8 Å². The number of fused-ring (bicyclic) bond motifs is 3. The number of benzene rings is 2. The van der Waals surface area contributed by atoms with Crippen molar-refractivity contribution in [1.82, 2.24) is 4.90 Å². The van der Waals surface area contributed by atoms with Gasteiger partial charge in [-0.15, -0.1) is 0 Å². The fourth-order valence-corrected chi connectivity index (χ4v) is 6.86. The van der Waals surface area contributed by atoms with Crippen LogP contribution in [0.2, 0.25) is 0 Å². The molecule has 2 aromatic carbocycles. The number of nitrogens with zero attached hydrogens (tertiary/aromatic N) is 1. The van der Waals surface area contributed by atoms with E-state index in [-0.39, 0.29) is 29.7 Å². The molecule has 4 atom stereocenters. The van der Waals surface area contributed by atoms with Gasteiger partial charge in [0.1, 0.15) is 22.8 Å². The molecule has 1 fully saturated rings. The number of phenolic OH excluding ortho intramolecular Hbond substituents is 1. The molecular weight excluding hydrogens is 544 g/mol. The van der Waals surface area contributed by atoms with E-state index in [1.807, 2.05) is 18.2 Å². The number of ketones is 2. The molecule has 0 radical (unpaired) electrons. The van der Waals surface area contributed by atoms with Gasteiger partial charge in [-0.2, -0.15) is 0 Å². The van der Waals surface area contributed by atoms with Gasteiger partial charge in [-0.05, 0) is 80.6 Å². The summed E-state index contributed by atoms with van der Waals surface area (Å²) in [5.74, 6) is -5.49. The molecular formula is C31H34N2O9. The summed E-state index contributed by atoms with van der Waals surface area (Å²) in [5.41, 5.74) is 4.26. The van der Waals surface area contributed by atoms with Crippen molar-refractivity contribution >= 4 is 23.2 Å². The smallest absolute Gasteiger partial charge is 0.255 e. The largest absolute Gasteiger partial charge is 0.508 e. The number of amides is 1. The second kappa shape index (κ2) is 10.5. The molecule has 5 rings (SSSR count). The number of methoxy groups -OCH3 is 2. The van der Waals surface area contributed by atoms with E-state index >= 15 is 0 Å². The lowest BCUT2D eigenvalue weighted by atomic mass is 9.57. The Balaban J connectivity index is 1.58. The Morgan fingerprint density at radius 1 is 1.05 bits per heavy atom. The van der Waals surface area contributed by atoms with E-state index in [2.05, 4.69) is 0 Å². The molecule has 0 bridgehead atoms. The maximum atomic E-state index is 14.0. The topological polar surface area (TPSA) is 180 Å². The van der Waals surface area contributed by atoms with E-state index < -0.39 is 58.0 Å². The summed E-state index contributed by atoms with van der Waals surface area (Å²) in [6.07, 6.45) is 1.42. The minimum atomic E-state index is -2.66. The minimum Gasteiger partial charge on any atom is -0.508 e. The first-order valence-electron chi connectivity index (χ1n) is 13.6. The number of ether oxygens (including phenoxy) is 2. The third-order valence-electron chi connectivity index (χ3n) is 8.83. The number of aliphatic hydroxyl groups is 3. The molecule has 11 heteroatoms. The van der Waals surface area contributed by atoms with Crippen LogP contribution in [0.25, 0.3) is 5.76 Å². The molecule has 42 heavy (non-hydrogen) atoms. The van der Waals surface area contributed by atoms with Gasteiger partial charge in [-0.3, -0.25) is 19.3 Å². The Labute approximate surface area is 242 Å². The Morgan fingerprint density at radius 2 is 1.74 bits per heavy atom. The Kier molecular flexibility index (Phi) is 7.28. The number of Topliss-reactive ketones (excluding diaryl/α,β-unsaturated/α-hetero) is 2. The van der Waals surface area contributed by atoms with E-state index in [0.29, 0.717) is 29.9 Å². The summed E-state index contributed by atoms with van der Waals surface area (Å²) in [6.45, 7) is 0. The number of carbonyl (C=O) groups is 3. The van der Waals surface area contributed by atoms with Crippen molar-refractivity contribution < 1.29 is 44.3 Å². The van der Waals surface area contributed by atoms with Crippen LogP contribution in [-0.4, -0.2) is 82.8 Å². The highest BCUT2D eigenvalue weighted by Crippen LogP contribution is 2.53. The molecule has 0 unspecified atom stereocenters. The Bertz CT molecular complexity index is 1570. The van der Waals surface area contributed by atoms with Crippen LogP contribution >= 0.6 is 0 Å². The molecule has 1 saturated carbocycles. The second-order valence-corrected chi connectivity index (χ2v) is 11.2. The number of aliphatic hydroxyl groups excluding tert-OH is 2. The molecule has 0 aliphatic heterocycles. The number of hydrogen-bond acceptors (Lipinski definition) is 10. The van der Waals surface area contributed by atoms with Crippen LogP contribution in [0.1, 0.15) is 28.7 Å². The van der Waals surface area contributed by atoms with Crippen LogP contribution in [0.5, 0.6) is 17.2 Å². The van der Waals surface area contributed by atoms with Gasteiger partial charge in [0.15, 0.2) is 22.9 Å². The average molecular weight is 579 g/mol. The lowest BCUT2D eigenvalue weighted by Crippen LogP contribution is -2.65. The summed E-state index contributed by atoms with van der Waals surface area (Å²) < 4.78 is 10.7.